The number of nitrogens with zero attached hydrogens (tertiary/aromatic N) is 1. The van der Waals surface area contributed by atoms with Crippen LogP contribution in [0.15, 0.2) is 22.7 Å². The molecule has 1 heterocycles. The fourth-order valence-corrected chi connectivity index (χ4v) is 2.87. The molecule has 1 aliphatic rings. The van der Waals surface area contributed by atoms with Crippen molar-refractivity contribution in [1.82, 2.24) is 4.90 Å². The molecule has 2 nitrogen and oxygen atoms in total. The molecule has 2 rings (SSSR count). The minimum atomic E-state index is -2.49. The Bertz CT molecular complexity index is 455. The molecule has 0 aliphatic carbocycles. The normalized spacial score (nSPS) is 19.3. The van der Waals surface area contributed by atoms with E-state index < -0.39 is 5.92 Å². The van der Waals surface area contributed by atoms with Gasteiger partial charge < -0.3 is 4.74 Å². The van der Waals surface area contributed by atoms with Crippen LogP contribution in [0.2, 0.25) is 0 Å². The lowest BCUT2D eigenvalue weighted by Gasteiger charge is -2.31. The van der Waals surface area contributed by atoms with Crippen molar-refractivity contribution in [3.63, 3.8) is 0 Å². The highest BCUT2D eigenvalue weighted by molar-refractivity contribution is 9.10. The van der Waals surface area contributed by atoms with Crippen molar-refractivity contribution < 1.29 is 13.5 Å². The van der Waals surface area contributed by atoms with Gasteiger partial charge in [-0.1, -0.05) is 15.9 Å². The average Bonchev–Trinajstić information content (AvgIpc) is 2.30. The van der Waals surface area contributed by atoms with Gasteiger partial charge in [-0.2, -0.15) is 0 Å². The first-order valence-corrected chi connectivity index (χ1v) is 7.70. The summed E-state index contributed by atoms with van der Waals surface area (Å²) in [6.07, 6.45) is 0.0259. The molecule has 0 aromatic heterocycles. The van der Waals surface area contributed by atoms with Gasteiger partial charge in [-0.3, -0.25) is 4.90 Å². The van der Waals surface area contributed by atoms with E-state index in [0.29, 0.717) is 19.6 Å². The van der Waals surface area contributed by atoms with Gasteiger partial charge in [0.25, 0.3) is 5.92 Å². The van der Waals surface area contributed by atoms with E-state index in [1.54, 1.807) is 0 Å². The standard InChI is InChI=1S/C15H20BrF2NO/c1-11(2)20-14-8-12(7-13(16)9-14)10-19-5-3-15(17,18)4-6-19/h7-9,11H,3-6,10H2,1-2H3. The van der Waals surface area contributed by atoms with Gasteiger partial charge in [0.15, 0.2) is 0 Å². The topological polar surface area (TPSA) is 12.5 Å². The fourth-order valence-electron chi connectivity index (χ4n) is 2.35. The van der Waals surface area contributed by atoms with E-state index in [-0.39, 0.29) is 18.9 Å². The molecule has 0 bridgehead atoms. The highest BCUT2D eigenvalue weighted by Crippen LogP contribution is 2.29. The number of hydrogen-bond donors (Lipinski definition) is 0. The van der Waals surface area contributed by atoms with Gasteiger partial charge in [0.1, 0.15) is 5.75 Å². The Morgan fingerprint density at radius 2 is 1.90 bits per heavy atom. The molecule has 5 heteroatoms. The van der Waals surface area contributed by atoms with Crippen molar-refractivity contribution in [2.24, 2.45) is 0 Å². The van der Waals surface area contributed by atoms with Gasteiger partial charge in [-0.25, -0.2) is 8.78 Å². The summed E-state index contributed by atoms with van der Waals surface area (Å²) in [6, 6.07) is 5.92. The molecule has 1 saturated heterocycles. The monoisotopic (exact) mass is 347 g/mol. The van der Waals surface area contributed by atoms with Crippen LogP contribution in [-0.4, -0.2) is 30.0 Å². The Balaban J connectivity index is 2.00. The van der Waals surface area contributed by atoms with E-state index in [1.807, 2.05) is 32.0 Å². The molecule has 1 fully saturated rings. The van der Waals surface area contributed by atoms with E-state index in [9.17, 15) is 8.78 Å². The minimum Gasteiger partial charge on any atom is -0.491 e. The highest BCUT2D eigenvalue weighted by Gasteiger charge is 2.33. The highest BCUT2D eigenvalue weighted by atomic mass is 79.9. The molecular weight excluding hydrogens is 328 g/mol. The molecule has 0 spiro atoms. The maximum Gasteiger partial charge on any atom is 0.250 e. The number of piperidine rings is 1. The van der Waals surface area contributed by atoms with Crippen LogP contribution in [0.4, 0.5) is 8.78 Å². The maximum atomic E-state index is 13.1. The minimum absolute atomic E-state index is 0.0453. The van der Waals surface area contributed by atoms with Crippen LogP contribution in [0.3, 0.4) is 0 Å². The number of halogens is 3. The zero-order chi connectivity index (χ0) is 14.8. The molecule has 1 aromatic carbocycles. The van der Waals surface area contributed by atoms with Gasteiger partial charge in [0.05, 0.1) is 6.10 Å². The predicted octanol–water partition coefficient (Wildman–Crippen LogP) is 4.47. The van der Waals surface area contributed by atoms with E-state index in [1.165, 1.54) is 0 Å². The summed E-state index contributed by atoms with van der Waals surface area (Å²) < 4.78 is 32.9. The van der Waals surface area contributed by atoms with E-state index in [0.717, 1.165) is 15.8 Å². The molecule has 0 N–H and O–H groups in total. The zero-order valence-electron chi connectivity index (χ0n) is 11.8. The summed E-state index contributed by atoms with van der Waals surface area (Å²) in [5.41, 5.74) is 1.08. The van der Waals surface area contributed by atoms with Crippen molar-refractivity contribution in [3.05, 3.63) is 28.2 Å². The van der Waals surface area contributed by atoms with Gasteiger partial charge in [0, 0.05) is 36.9 Å². The van der Waals surface area contributed by atoms with Crippen LogP contribution in [0.25, 0.3) is 0 Å². The third-order valence-corrected chi connectivity index (χ3v) is 3.75. The number of hydrogen-bond acceptors (Lipinski definition) is 2. The zero-order valence-corrected chi connectivity index (χ0v) is 13.4. The average molecular weight is 348 g/mol. The quantitative estimate of drug-likeness (QED) is 0.796. The first-order valence-electron chi connectivity index (χ1n) is 6.90. The van der Waals surface area contributed by atoms with Crippen LogP contribution in [-0.2, 0) is 6.54 Å². The van der Waals surface area contributed by atoms with Crippen LogP contribution < -0.4 is 4.74 Å². The van der Waals surface area contributed by atoms with E-state index in [2.05, 4.69) is 20.8 Å². The van der Waals surface area contributed by atoms with Crippen LogP contribution in [0.1, 0.15) is 32.3 Å². The third-order valence-electron chi connectivity index (χ3n) is 3.30. The molecule has 0 unspecified atom stereocenters. The molecule has 0 radical (unpaired) electrons. The van der Waals surface area contributed by atoms with Crippen LogP contribution >= 0.6 is 15.9 Å². The molecular formula is C15H20BrF2NO. The summed E-state index contributed by atoms with van der Waals surface area (Å²) in [7, 11) is 0. The van der Waals surface area contributed by atoms with Crippen LogP contribution in [0.5, 0.6) is 5.75 Å². The van der Waals surface area contributed by atoms with Crippen molar-refractivity contribution in [1.29, 1.82) is 0 Å². The Kier molecular flexibility index (Phi) is 5.02. The largest absolute Gasteiger partial charge is 0.491 e. The van der Waals surface area contributed by atoms with Gasteiger partial charge >= 0.3 is 0 Å². The lowest BCUT2D eigenvalue weighted by molar-refractivity contribution is -0.0566. The predicted molar refractivity (Wildman–Crippen MR) is 79.4 cm³/mol. The Morgan fingerprint density at radius 1 is 1.25 bits per heavy atom. The van der Waals surface area contributed by atoms with E-state index >= 15 is 0 Å². The van der Waals surface area contributed by atoms with Gasteiger partial charge in [-0.15, -0.1) is 0 Å². The first kappa shape index (κ1) is 15.7. The summed E-state index contributed by atoms with van der Waals surface area (Å²) in [5, 5.41) is 0. The summed E-state index contributed by atoms with van der Waals surface area (Å²) >= 11 is 3.47. The molecule has 1 aromatic rings. The molecule has 112 valence electrons. The second kappa shape index (κ2) is 6.39. The van der Waals surface area contributed by atoms with Gasteiger partial charge in [0.2, 0.25) is 0 Å². The SMILES string of the molecule is CC(C)Oc1cc(Br)cc(CN2CCC(F)(F)CC2)c1. The van der Waals surface area contributed by atoms with Gasteiger partial charge in [-0.05, 0) is 37.6 Å². The number of alkyl halides is 2. The lowest BCUT2D eigenvalue weighted by Crippen LogP contribution is -2.38. The molecule has 0 atom stereocenters. The smallest absolute Gasteiger partial charge is 0.250 e. The Hall–Kier alpha value is -0.680. The third kappa shape index (κ3) is 4.70. The lowest BCUT2D eigenvalue weighted by atomic mass is 10.1. The summed E-state index contributed by atoms with van der Waals surface area (Å²) in [6.45, 7) is 5.53. The Morgan fingerprint density at radius 3 is 2.50 bits per heavy atom. The molecule has 1 aliphatic heterocycles. The number of benzene rings is 1. The first-order chi connectivity index (χ1) is 9.34. The fraction of sp³-hybridized carbons (Fsp3) is 0.600. The molecule has 20 heavy (non-hydrogen) atoms. The van der Waals surface area contributed by atoms with Crippen LogP contribution in [0, 0.1) is 0 Å². The van der Waals surface area contributed by atoms with Crippen molar-refractivity contribution in [3.8, 4) is 5.75 Å². The van der Waals surface area contributed by atoms with Crippen molar-refractivity contribution in [2.45, 2.75) is 45.3 Å². The number of ether oxygens (including phenoxy) is 1. The second-order valence-corrected chi connectivity index (χ2v) is 6.51. The molecule has 0 amide bonds. The second-order valence-electron chi connectivity index (χ2n) is 5.59. The van der Waals surface area contributed by atoms with Crippen molar-refractivity contribution >= 4 is 15.9 Å². The summed E-state index contributed by atoms with van der Waals surface area (Å²) in [4.78, 5) is 2.07. The number of rotatable bonds is 4. The Labute approximate surface area is 127 Å². The van der Waals surface area contributed by atoms with E-state index in [4.69, 9.17) is 4.74 Å². The maximum absolute atomic E-state index is 13.1. The molecule has 0 saturated carbocycles. The number of likely N-dealkylation sites (tertiary alicyclic amines) is 1. The van der Waals surface area contributed by atoms with Crippen molar-refractivity contribution in [2.75, 3.05) is 13.1 Å². The summed E-state index contributed by atoms with van der Waals surface area (Å²) in [5.74, 6) is -1.67.